The van der Waals surface area contributed by atoms with E-state index in [4.69, 9.17) is 5.73 Å². The zero-order valence-corrected chi connectivity index (χ0v) is 10.4. The minimum absolute atomic E-state index is 0.0250. The van der Waals surface area contributed by atoms with Gasteiger partial charge in [0.2, 0.25) is 0 Å². The molecule has 0 amide bonds. The summed E-state index contributed by atoms with van der Waals surface area (Å²) in [7, 11) is 0. The molecule has 0 fully saturated rings. The number of nitrogen functional groups attached to an aromatic ring is 1. The lowest BCUT2D eigenvalue weighted by molar-refractivity contribution is -0.383. The van der Waals surface area contributed by atoms with E-state index in [1.165, 1.54) is 18.2 Å². The van der Waals surface area contributed by atoms with Gasteiger partial charge in [-0.1, -0.05) is 0 Å². The second-order valence-electron chi connectivity index (χ2n) is 4.40. The number of nitrogens with zero attached hydrogens (tertiary/aromatic N) is 2. The molecule has 3 rings (SSSR count). The molecule has 0 aliphatic carbocycles. The van der Waals surface area contributed by atoms with Crippen LogP contribution in [0.25, 0.3) is 22.4 Å². The topological polar surface area (TPSA) is 97.8 Å². The van der Waals surface area contributed by atoms with Gasteiger partial charge in [0.1, 0.15) is 11.5 Å². The predicted octanol–water partition coefficient (Wildman–Crippen LogP) is 3.00. The summed E-state index contributed by atoms with van der Waals surface area (Å²) in [5.41, 5.74) is 6.19. The van der Waals surface area contributed by atoms with Gasteiger partial charge in [-0.15, -0.1) is 0 Å². The van der Waals surface area contributed by atoms with Crippen LogP contribution in [0.2, 0.25) is 0 Å². The highest BCUT2D eigenvalue weighted by atomic mass is 19.2. The maximum absolute atomic E-state index is 13.2. The van der Waals surface area contributed by atoms with Crippen LogP contribution >= 0.6 is 0 Å². The number of anilines is 1. The third kappa shape index (κ3) is 2.16. The van der Waals surface area contributed by atoms with Gasteiger partial charge in [-0.2, -0.15) is 0 Å². The molecule has 6 nitrogen and oxygen atoms in total. The van der Waals surface area contributed by atoms with Gasteiger partial charge < -0.3 is 10.7 Å². The van der Waals surface area contributed by atoms with E-state index in [1.54, 1.807) is 0 Å². The molecule has 1 aromatic heterocycles. The van der Waals surface area contributed by atoms with Crippen LogP contribution in [-0.4, -0.2) is 14.9 Å². The number of nitro benzene ring substituents is 1. The first-order valence-corrected chi connectivity index (χ1v) is 5.85. The van der Waals surface area contributed by atoms with Crippen LogP contribution in [0.4, 0.5) is 20.2 Å². The number of H-pyrrole nitrogens is 1. The number of nitrogens with one attached hydrogen (secondary N) is 1. The van der Waals surface area contributed by atoms with Gasteiger partial charge >= 0.3 is 0 Å². The standard InChI is InChI=1S/C13H8F2N4O2/c14-7-4-10-11(5-8(7)15)18-13(17-10)6-1-2-9(16)12(3-6)19(20)21/h1-5H,16H2,(H,17,18). The van der Waals surface area contributed by atoms with Crippen LogP contribution in [0.15, 0.2) is 30.3 Å². The first-order chi connectivity index (χ1) is 9.95. The van der Waals surface area contributed by atoms with E-state index in [-0.39, 0.29) is 22.7 Å². The molecule has 0 aliphatic rings. The number of aromatic amines is 1. The van der Waals surface area contributed by atoms with E-state index in [9.17, 15) is 18.9 Å². The lowest BCUT2D eigenvalue weighted by Gasteiger charge is -1.99. The van der Waals surface area contributed by atoms with Crippen molar-refractivity contribution >= 4 is 22.4 Å². The van der Waals surface area contributed by atoms with E-state index < -0.39 is 16.6 Å². The highest BCUT2D eigenvalue weighted by Crippen LogP contribution is 2.28. The van der Waals surface area contributed by atoms with Gasteiger partial charge in [-0.25, -0.2) is 13.8 Å². The van der Waals surface area contributed by atoms with Crippen molar-refractivity contribution in [1.82, 2.24) is 9.97 Å². The fraction of sp³-hybridized carbons (Fsp3) is 0. The van der Waals surface area contributed by atoms with Crippen LogP contribution in [0.5, 0.6) is 0 Å². The Morgan fingerprint density at radius 1 is 1.19 bits per heavy atom. The third-order valence-electron chi connectivity index (χ3n) is 3.02. The predicted molar refractivity (Wildman–Crippen MR) is 72.5 cm³/mol. The summed E-state index contributed by atoms with van der Waals surface area (Å²) in [6, 6.07) is 6.09. The van der Waals surface area contributed by atoms with Crippen LogP contribution in [0.1, 0.15) is 0 Å². The Balaban J connectivity index is 2.16. The molecule has 0 saturated carbocycles. The average Bonchev–Trinajstić information content (AvgIpc) is 2.82. The molecule has 3 N–H and O–H groups in total. The van der Waals surface area contributed by atoms with Gasteiger partial charge in [0.05, 0.1) is 16.0 Å². The second kappa shape index (κ2) is 4.51. The zero-order valence-electron chi connectivity index (χ0n) is 10.4. The quantitative estimate of drug-likeness (QED) is 0.430. The summed E-state index contributed by atoms with van der Waals surface area (Å²) in [6.45, 7) is 0. The summed E-state index contributed by atoms with van der Waals surface area (Å²) in [5.74, 6) is -1.75. The number of nitro groups is 1. The smallest absolute Gasteiger partial charge is 0.292 e. The Kier molecular flexibility index (Phi) is 2.79. The van der Waals surface area contributed by atoms with Crippen molar-refractivity contribution in [3.05, 3.63) is 52.1 Å². The average molecular weight is 290 g/mol. The van der Waals surface area contributed by atoms with Gasteiger partial charge in [0.25, 0.3) is 5.69 Å². The Labute approximate surface area is 116 Å². The first-order valence-electron chi connectivity index (χ1n) is 5.85. The number of hydrogen-bond donors (Lipinski definition) is 2. The third-order valence-corrected chi connectivity index (χ3v) is 3.02. The largest absolute Gasteiger partial charge is 0.393 e. The van der Waals surface area contributed by atoms with E-state index in [0.717, 1.165) is 12.1 Å². The molecule has 0 radical (unpaired) electrons. The minimum Gasteiger partial charge on any atom is -0.393 e. The summed E-state index contributed by atoms with van der Waals surface area (Å²) >= 11 is 0. The number of fused-ring (bicyclic) bond motifs is 1. The SMILES string of the molecule is Nc1ccc(-c2nc3cc(F)c(F)cc3[nH]2)cc1[N+](=O)[O-]. The molecule has 0 saturated heterocycles. The summed E-state index contributed by atoms with van der Waals surface area (Å²) in [6.07, 6.45) is 0. The van der Waals surface area contributed by atoms with E-state index in [0.29, 0.717) is 11.1 Å². The Morgan fingerprint density at radius 3 is 2.62 bits per heavy atom. The number of hydrogen-bond acceptors (Lipinski definition) is 4. The van der Waals surface area contributed by atoms with E-state index in [1.807, 2.05) is 0 Å². The van der Waals surface area contributed by atoms with Gasteiger partial charge in [-0.05, 0) is 12.1 Å². The second-order valence-corrected chi connectivity index (χ2v) is 4.40. The Hall–Kier alpha value is -3.03. The molecule has 0 atom stereocenters. The van der Waals surface area contributed by atoms with Gasteiger partial charge in [0.15, 0.2) is 11.6 Å². The van der Waals surface area contributed by atoms with Gasteiger partial charge in [-0.3, -0.25) is 10.1 Å². The molecule has 106 valence electrons. The highest BCUT2D eigenvalue weighted by molar-refractivity contribution is 5.80. The summed E-state index contributed by atoms with van der Waals surface area (Å²) < 4.78 is 26.3. The first kappa shape index (κ1) is 13.0. The van der Waals surface area contributed by atoms with Crippen LogP contribution < -0.4 is 5.73 Å². The van der Waals surface area contributed by atoms with Crippen LogP contribution in [0.3, 0.4) is 0 Å². The molecule has 21 heavy (non-hydrogen) atoms. The molecule has 0 bridgehead atoms. The summed E-state index contributed by atoms with van der Waals surface area (Å²) in [5, 5.41) is 10.9. The molecule has 3 aromatic rings. The van der Waals surface area contributed by atoms with Crippen LogP contribution in [-0.2, 0) is 0 Å². The van der Waals surface area contributed by atoms with Crippen molar-refractivity contribution in [2.75, 3.05) is 5.73 Å². The maximum Gasteiger partial charge on any atom is 0.292 e. The molecule has 0 unspecified atom stereocenters. The van der Waals surface area contributed by atoms with E-state index >= 15 is 0 Å². The van der Waals surface area contributed by atoms with Crippen molar-refractivity contribution in [2.24, 2.45) is 0 Å². The summed E-state index contributed by atoms with van der Waals surface area (Å²) in [4.78, 5) is 17.1. The molecule has 8 heteroatoms. The molecule has 0 spiro atoms. The van der Waals surface area contributed by atoms with Crippen molar-refractivity contribution in [1.29, 1.82) is 0 Å². The van der Waals surface area contributed by atoms with Crippen molar-refractivity contribution in [2.45, 2.75) is 0 Å². The lowest BCUT2D eigenvalue weighted by Crippen LogP contribution is -1.96. The fourth-order valence-electron chi connectivity index (χ4n) is 1.99. The Bertz CT molecular complexity index is 837. The Morgan fingerprint density at radius 2 is 1.90 bits per heavy atom. The van der Waals surface area contributed by atoms with E-state index in [2.05, 4.69) is 9.97 Å². The van der Waals surface area contributed by atoms with Crippen molar-refractivity contribution < 1.29 is 13.7 Å². The van der Waals surface area contributed by atoms with Crippen molar-refractivity contribution in [3.63, 3.8) is 0 Å². The zero-order chi connectivity index (χ0) is 15.1. The molecular weight excluding hydrogens is 282 g/mol. The normalized spacial score (nSPS) is 11.0. The molecule has 0 aliphatic heterocycles. The highest BCUT2D eigenvalue weighted by Gasteiger charge is 2.15. The molecular formula is C13H8F2N4O2. The van der Waals surface area contributed by atoms with Crippen molar-refractivity contribution in [3.8, 4) is 11.4 Å². The number of imidazole rings is 1. The molecule has 1 heterocycles. The monoisotopic (exact) mass is 290 g/mol. The number of aromatic nitrogens is 2. The number of halogens is 2. The lowest BCUT2D eigenvalue weighted by atomic mass is 10.1. The van der Waals surface area contributed by atoms with Gasteiger partial charge in [0, 0.05) is 23.8 Å². The number of rotatable bonds is 2. The minimum atomic E-state index is -1.01. The number of benzene rings is 2. The van der Waals surface area contributed by atoms with Crippen LogP contribution in [0, 0.1) is 21.7 Å². The number of nitrogens with two attached hydrogens (primary N) is 1. The molecule has 2 aromatic carbocycles. The maximum atomic E-state index is 13.2. The fourth-order valence-corrected chi connectivity index (χ4v) is 1.99.